The summed E-state index contributed by atoms with van der Waals surface area (Å²) in [5.74, 6) is -0.199. The molecule has 1 fully saturated rings. The molecule has 1 atom stereocenters. The van der Waals surface area contributed by atoms with E-state index in [1.54, 1.807) is 12.1 Å². The lowest BCUT2D eigenvalue weighted by molar-refractivity contribution is -0.126. The number of benzene rings is 1. The van der Waals surface area contributed by atoms with Crippen molar-refractivity contribution >= 4 is 5.91 Å². The van der Waals surface area contributed by atoms with Gasteiger partial charge in [-0.2, -0.15) is 0 Å². The fraction of sp³-hybridized carbons (Fsp3) is 0.462. The molecule has 16 heavy (non-hydrogen) atoms. The van der Waals surface area contributed by atoms with Gasteiger partial charge in [0.25, 0.3) is 0 Å². The molecule has 1 saturated heterocycles. The van der Waals surface area contributed by atoms with Crippen LogP contribution in [0.5, 0.6) is 0 Å². The summed E-state index contributed by atoms with van der Waals surface area (Å²) in [5.41, 5.74) is 0.213. The van der Waals surface area contributed by atoms with Gasteiger partial charge in [0.05, 0.1) is 5.54 Å². The monoisotopic (exact) mass is 221 g/mol. The van der Waals surface area contributed by atoms with Crippen LogP contribution in [0.1, 0.15) is 32.8 Å². The second-order valence-corrected chi connectivity index (χ2v) is 5.35. The van der Waals surface area contributed by atoms with Gasteiger partial charge in [-0.3, -0.25) is 4.79 Å². The highest BCUT2D eigenvalue weighted by Crippen LogP contribution is 2.41. The molecule has 1 heterocycles. The Morgan fingerprint density at radius 1 is 1.19 bits per heavy atom. The second-order valence-electron chi connectivity index (χ2n) is 5.35. The molecule has 1 unspecified atom stereocenters. The van der Waals surface area contributed by atoms with E-state index in [2.05, 4.69) is 5.32 Å². The number of hydrogen-bond donors (Lipinski definition) is 1. The minimum absolute atomic E-state index is 0.0549. The zero-order valence-corrected chi connectivity index (χ0v) is 9.80. The number of nitrogens with one attached hydrogen (secondary N) is 1. The van der Waals surface area contributed by atoms with E-state index in [1.807, 2.05) is 20.8 Å². The molecule has 1 aromatic rings. The van der Waals surface area contributed by atoms with Crippen LogP contribution in [0.3, 0.4) is 0 Å². The van der Waals surface area contributed by atoms with Crippen molar-refractivity contribution in [1.82, 2.24) is 5.32 Å². The molecule has 0 radical (unpaired) electrons. The number of carbonyl (C=O) groups excluding carboxylic acids is 1. The number of rotatable bonds is 1. The Morgan fingerprint density at radius 3 is 2.19 bits per heavy atom. The SMILES string of the molecule is CC1(C)CC(C)(c2ccc(F)cc2)NC1=O. The summed E-state index contributed by atoms with van der Waals surface area (Å²) < 4.78 is 12.8. The van der Waals surface area contributed by atoms with Gasteiger partial charge in [-0.25, -0.2) is 4.39 Å². The van der Waals surface area contributed by atoms with E-state index in [4.69, 9.17) is 0 Å². The van der Waals surface area contributed by atoms with Crippen molar-refractivity contribution in [3.8, 4) is 0 Å². The van der Waals surface area contributed by atoms with Gasteiger partial charge in [0.1, 0.15) is 5.82 Å². The van der Waals surface area contributed by atoms with Crippen LogP contribution >= 0.6 is 0 Å². The Labute approximate surface area is 94.9 Å². The summed E-state index contributed by atoms with van der Waals surface area (Å²) in [4.78, 5) is 11.8. The molecule has 2 nitrogen and oxygen atoms in total. The van der Waals surface area contributed by atoms with Gasteiger partial charge in [-0.15, -0.1) is 0 Å². The Morgan fingerprint density at radius 2 is 1.75 bits per heavy atom. The molecule has 1 aliphatic heterocycles. The van der Waals surface area contributed by atoms with Crippen LogP contribution in [0, 0.1) is 11.2 Å². The number of halogens is 1. The van der Waals surface area contributed by atoms with E-state index < -0.39 is 0 Å². The molecule has 1 aliphatic rings. The Hall–Kier alpha value is -1.38. The summed E-state index contributed by atoms with van der Waals surface area (Å²) in [5, 5.41) is 2.99. The second kappa shape index (κ2) is 3.30. The van der Waals surface area contributed by atoms with Crippen LogP contribution in [0.15, 0.2) is 24.3 Å². The molecule has 0 aromatic heterocycles. The first-order valence-corrected chi connectivity index (χ1v) is 5.42. The van der Waals surface area contributed by atoms with E-state index in [0.717, 1.165) is 12.0 Å². The molecule has 1 N–H and O–H groups in total. The highest BCUT2D eigenvalue weighted by atomic mass is 19.1. The van der Waals surface area contributed by atoms with E-state index in [1.165, 1.54) is 12.1 Å². The molecule has 1 amide bonds. The predicted octanol–water partition coefficient (Wildman–Crippen LogP) is 2.59. The third kappa shape index (κ3) is 1.70. The first-order valence-electron chi connectivity index (χ1n) is 5.42. The predicted molar refractivity (Wildman–Crippen MR) is 60.3 cm³/mol. The molecule has 1 aromatic carbocycles. The number of hydrogen-bond acceptors (Lipinski definition) is 1. The van der Waals surface area contributed by atoms with E-state index >= 15 is 0 Å². The molecule has 2 rings (SSSR count). The average Bonchev–Trinajstić information content (AvgIpc) is 2.37. The quantitative estimate of drug-likeness (QED) is 0.776. The van der Waals surface area contributed by atoms with Crippen molar-refractivity contribution in [2.75, 3.05) is 0 Å². The zero-order valence-electron chi connectivity index (χ0n) is 9.80. The Kier molecular flexibility index (Phi) is 2.30. The van der Waals surface area contributed by atoms with Crippen molar-refractivity contribution in [2.45, 2.75) is 32.7 Å². The smallest absolute Gasteiger partial charge is 0.226 e. The first kappa shape index (κ1) is 11.1. The maximum atomic E-state index is 12.8. The van der Waals surface area contributed by atoms with Crippen molar-refractivity contribution in [3.05, 3.63) is 35.6 Å². The lowest BCUT2D eigenvalue weighted by Gasteiger charge is -2.25. The van der Waals surface area contributed by atoms with Crippen LogP contribution in [0.2, 0.25) is 0 Å². The van der Waals surface area contributed by atoms with Crippen LogP contribution in [0.4, 0.5) is 4.39 Å². The van der Waals surface area contributed by atoms with E-state index in [-0.39, 0.29) is 22.7 Å². The molecule has 0 saturated carbocycles. The topological polar surface area (TPSA) is 29.1 Å². The van der Waals surface area contributed by atoms with Gasteiger partial charge in [-0.1, -0.05) is 26.0 Å². The fourth-order valence-corrected chi connectivity index (χ4v) is 2.42. The van der Waals surface area contributed by atoms with Crippen LogP contribution < -0.4 is 5.32 Å². The summed E-state index contributed by atoms with van der Waals surface area (Å²) in [6.45, 7) is 5.83. The van der Waals surface area contributed by atoms with Crippen LogP contribution in [0.25, 0.3) is 0 Å². The van der Waals surface area contributed by atoms with Gasteiger partial charge in [-0.05, 0) is 31.0 Å². The zero-order chi connectivity index (χ0) is 12.0. The average molecular weight is 221 g/mol. The summed E-state index contributed by atoms with van der Waals surface area (Å²) in [7, 11) is 0. The fourth-order valence-electron chi connectivity index (χ4n) is 2.42. The minimum atomic E-state index is -0.381. The molecular formula is C13H16FNO. The van der Waals surface area contributed by atoms with Crippen molar-refractivity contribution in [2.24, 2.45) is 5.41 Å². The Balaban J connectivity index is 2.35. The molecule has 86 valence electrons. The van der Waals surface area contributed by atoms with Gasteiger partial charge >= 0.3 is 0 Å². The van der Waals surface area contributed by atoms with Crippen LogP contribution in [-0.2, 0) is 10.3 Å². The molecule has 0 bridgehead atoms. The highest BCUT2D eigenvalue weighted by molar-refractivity contribution is 5.85. The summed E-state index contributed by atoms with van der Waals surface area (Å²) >= 11 is 0. The minimum Gasteiger partial charge on any atom is -0.346 e. The summed E-state index contributed by atoms with van der Waals surface area (Å²) in [6.07, 6.45) is 0.727. The van der Waals surface area contributed by atoms with Gasteiger partial charge in [0.2, 0.25) is 5.91 Å². The third-order valence-electron chi connectivity index (χ3n) is 3.28. The first-order chi connectivity index (χ1) is 7.33. The lowest BCUT2D eigenvalue weighted by Crippen LogP contribution is -2.36. The van der Waals surface area contributed by atoms with Crippen molar-refractivity contribution < 1.29 is 9.18 Å². The molecule has 0 spiro atoms. The van der Waals surface area contributed by atoms with Gasteiger partial charge < -0.3 is 5.32 Å². The Bertz CT molecular complexity index is 424. The number of carbonyl (C=O) groups is 1. The van der Waals surface area contributed by atoms with Crippen molar-refractivity contribution in [1.29, 1.82) is 0 Å². The van der Waals surface area contributed by atoms with E-state index in [9.17, 15) is 9.18 Å². The lowest BCUT2D eigenvalue weighted by atomic mass is 9.81. The van der Waals surface area contributed by atoms with Crippen molar-refractivity contribution in [3.63, 3.8) is 0 Å². The van der Waals surface area contributed by atoms with Gasteiger partial charge in [0, 0.05) is 5.41 Å². The number of amides is 1. The van der Waals surface area contributed by atoms with E-state index in [0.29, 0.717) is 0 Å². The molecular weight excluding hydrogens is 205 g/mol. The summed E-state index contributed by atoms with van der Waals surface area (Å²) in [6, 6.07) is 6.32. The largest absolute Gasteiger partial charge is 0.346 e. The van der Waals surface area contributed by atoms with Crippen LogP contribution in [-0.4, -0.2) is 5.91 Å². The third-order valence-corrected chi connectivity index (χ3v) is 3.28. The normalized spacial score (nSPS) is 27.9. The van der Waals surface area contributed by atoms with Gasteiger partial charge in [0.15, 0.2) is 0 Å². The maximum Gasteiger partial charge on any atom is 0.226 e. The standard InChI is InChI=1S/C13H16FNO/c1-12(2)8-13(3,15-11(12)16)9-4-6-10(14)7-5-9/h4-7H,8H2,1-3H3,(H,15,16). The highest BCUT2D eigenvalue weighted by Gasteiger charge is 2.46. The molecule has 3 heteroatoms. The molecule has 0 aliphatic carbocycles. The maximum absolute atomic E-state index is 12.8.